The van der Waals surface area contributed by atoms with Gasteiger partial charge in [0.05, 0.1) is 17.0 Å². The van der Waals surface area contributed by atoms with Crippen LogP contribution in [0.5, 0.6) is 0 Å². The Bertz CT molecular complexity index is 1260. The van der Waals surface area contributed by atoms with Gasteiger partial charge in [-0.05, 0) is 51.0 Å². The molecule has 1 saturated carbocycles. The topological polar surface area (TPSA) is 58.4 Å². The number of halogens is 1. The molecule has 182 valence electrons. The van der Waals surface area contributed by atoms with Crippen molar-refractivity contribution < 1.29 is 12.8 Å². The lowest BCUT2D eigenvalue weighted by Crippen LogP contribution is -2.38. The Morgan fingerprint density at radius 2 is 1.85 bits per heavy atom. The lowest BCUT2D eigenvalue weighted by Gasteiger charge is -2.27. The smallest absolute Gasteiger partial charge is 0.243 e. The Hall–Kier alpha value is -2.71. The summed E-state index contributed by atoms with van der Waals surface area (Å²) in [6.45, 7) is 9.87. The fourth-order valence-electron chi connectivity index (χ4n) is 4.87. The maximum Gasteiger partial charge on any atom is 0.243 e. The summed E-state index contributed by atoms with van der Waals surface area (Å²) >= 11 is 0. The van der Waals surface area contributed by atoms with Crippen LogP contribution in [0.15, 0.2) is 60.0 Å². The first-order chi connectivity index (χ1) is 16.4. The molecule has 6 nitrogen and oxygen atoms in total. The van der Waals surface area contributed by atoms with Crippen LogP contribution in [-0.4, -0.2) is 48.2 Å². The molecule has 0 spiro atoms. The molecular weight excluding hydrogens is 451 g/mol. The van der Waals surface area contributed by atoms with Gasteiger partial charge in [0.25, 0.3) is 0 Å². The van der Waals surface area contributed by atoms with Crippen LogP contribution < -0.4 is 4.90 Å². The third kappa shape index (κ3) is 4.61. The molecule has 3 aromatic rings. The maximum atomic E-state index is 14.4. The monoisotopic (exact) mass is 484 g/mol. The fourth-order valence-corrected chi connectivity index (χ4v) is 6.55. The lowest BCUT2D eigenvalue weighted by molar-refractivity contribution is 0.347. The summed E-state index contributed by atoms with van der Waals surface area (Å²) < 4.78 is 45.1. The second-order valence-electron chi connectivity index (χ2n) is 8.73. The van der Waals surface area contributed by atoms with Crippen LogP contribution in [-0.2, 0) is 16.6 Å². The zero-order valence-electron chi connectivity index (χ0n) is 20.0. The lowest BCUT2D eigenvalue weighted by atomic mass is 10.2. The average molecular weight is 485 g/mol. The van der Waals surface area contributed by atoms with Crippen molar-refractivity contribution in [2.24, 2.45) is 0 Å². The average Bonchev–Trinajstić information content (AvgIpc) is 3.48. The standard InChI is InChI=1S/C26H33FN4O2S/c1-4-17-31(21-12-8-9-13-21)34(32,33)22-15-16-25-23(18-22)26(29(5-2)6-3)28-30(25)19-20-11-7-10-14-24(20)27/h4,7,10-11,14-16,18,21H,1,5-6,8-9,12-13,17,19H2,2-3H3. The van der Waals surface area contributed by atoms with E-state index in [1.165, 1.54) is 6.07 Å². The van der Waals surface area contributed by atoms with E-state index in [2.05, 4.69) is 11.5 Å². The molecule has 4 rings (SSSR count). The van der Waals surface area contributed by atoms with E-state index < -0.39 is 10.0 Å². The van der Waals surface area contributed by atoms with Crippen LogP contribution in [0.1, 0.15) is 45.1 Å². The van der Waals surface area contributed by atoms with Crippen LogP contribution >= 0.6 is 0 Å². The number of aromatic nitrogens is 2. The molecular formula is C26H33FN4O2S. The molecule has 1 aliphatic carbocycles. The number of anilines is 1. The largest absolute Gasteiger partial charge is 0.355 e. The van der Waals surface area contributed by atoms with Crippen LogP contribution in [0.4, 0.5) is 10.2 Å². The summed E-state index contributed by atoms with van der Waals surface area (Å²) in [5, 5.41) is 5.56. The first-order valence-corrected chi connectivity index (χ1v) is 13.5. The molecule has 2 aromatic carbocycles. The van der Waals surface area contributed by atoms with Crippen LogP contribution in [0.25, 0.3) is 10.9 Å². The minimum Gasteiger partial charge on any atom is -0.355 e. The van der Waals surface area contributed by atoms with Crippen molar-refractivity contribution in [3.8, 4) is 0 Å². The predicted octanol–water partition coefficient (Wildman–Crippen LogP) is 5.19. The van der Waals surface area contributed by atoms with Gasteiger partial charge in [0, 0.05) is 36.6 Å². The second kappa shape index (κ2) is 10.3. The highest BCUT2D eigenvalue weighted by Crippen LogP contribution is 2.33. The quantitative estimate of drug-likeness (QED) is 0.372. The predicted molar refractivity (Wildman–Crippen MR) is 135 cm³/mol. The maximum absolute atomic E-state index is 14.4. The van der Waals surface area contributed by atoms with Gasteiger partial charge >= 0.3 is 0 Å². The van der Waals surface area contributed by atoms with Gasteiger partial charge in [0.1, 0.15) is 5.82 Å². The summed E-state index contributed by atoms with van der Waals surface area (Å²) in [6.07, 6.45) is 5.49. The van der Waals surface area contributed by atoms with Crippen molar-refractivity contribution in [2.75, 3.05) is 24.5 Å². The molecule has 0 N–H and O–H groups in total. The van der Waals surface area contributed by atoms with Crippen LogP contribution in [0, 0.1) is 5.82 Å². The number of sulfonamides is 1. The molecule has 0 unspecified atom stereocenters. The van der Waals surface area contributed by atoms with Crippen LogP contribution in [0.2, 0.25) is 0 Å². The summed E-state index contributed by atoms with van der Waals surface area (Å²) in [7, 11) is -3.70. The summed E-state index contributed by atoms with van der Waals surface area (Å²) in [5.74, 6) is 0.427. The van der Waals surface area contributed by atoms with Crippen molar-refractivity contribution in [1.82, 2.24) is 14.1 Å². The molecule has 1 aromatic heterocycles. The van der Waals surface area contributed by atoms with Gasteiger partial charge in [-0.1, -0.05) is 37.1 Å². The van der Waals surface area contributed by atoms with E-state index in [9.17, 15) is 12.8 Å². The van der Waals surface area contributed by atoms with Crippen molar-refractivity contribution in [3.05, 3.63) is 66.5 Å². The third-order valence-electron chi connectivity index (χ3n) is 6.69. The molecule has 0 amide bonds. The highest BCUT2D eigenvalue weighted by atomic mass is 32.2. The molecule has 34 heavy (non-hydrogen) atoms. The van der Waals surface area contributed by atoms with E-state index in [4.69, 9.17) is 5.10 Å². The van der Waals surface area contributed by atoms with Gasteiger partial charge in [-0.2, -0.15) is 9.40 Å². The van der Waals surface area contributed by atoms with Crippen molar-refractivity contribution in [2.45, 2.75) is 57.0 Å². The Morgan fingerprint density at radius 1 is 1.15 bits per heavy atom. The molecule has 0 radical (unpaired) electrons. The van der Waals surface area contributed by atoms with E-state index in [0.29, 0.717) is 17.9 Å². The van der Waals surface area contributed by atoms with Gasteiger partial charge in [-0.15, -0.1) is 6.58 Å². The van der Waals surface area contributed by atoms with Gasteiger partial charge in [0.15, 0.2) is 5.82 Å². The number of nitrogens with zero attached hydrogens (tertiary/aromatic N) is 4. The molecule has 1 fully saturated rings. The van der Waals surface area contributed by atoms with E-state index in [1.807, 2.05) is 13.8 Å². The highest BCUT2D eigenvalue weighted by molar-refractivity contribution is 7.89. The van der Waals surface area contributed by atoms with Crippen molar-refractivity contribution >= 4 is 26.7 Å². The summed E-state index contributed by atoms with van der Waals surface area (Å²) in [4.78, 5) is 2.35. The first-order valence-electron chi connectivity index (χ1n) is 12.0. The third-order valence-corrected chi connectivity index (χ3v) is 8.61. The number of fused-ring (bicyclic) bond motifs is 1. The molecule has 0 saturated heterocycles. The fraction of sp³-hybridized carbons (Fsp3) is 0.423. The number of rotatable bonds is 10. The summed E-state index contributed by atoms with van der Waals surface area (Å²) in [6, 6.07) is 11.8. The van der Waals surface area contributed by atoms with Gasteiger partial charge in [0.2, 0.25) is 10.0 Å². The van der Waals surface area contributed by atoms with Crippen molar-refractivity contribution in [3.63, 3.8) is 0 Å². The van der Waals surface area contributed by atoms with Crippen LogP contribution in [0.3, 0.4) is 0 Å². The normalized spacial score (nSPS) is 14.8. The number of hydrogen-bond donors (Lipinski definition) is 0. The molecule has 1 heterocycles. The zero-order chi connectivity index (χ0) is 24.3. The second-order valence-corrected chi connectivity index (χ2v) is 10.6. The Morgan fingerprint density at radius 3 is 2.50 bits per heavy atom. The van der Waals surface area contributed by atoms with E-state index in [0.717, 1.165) is 49.7 Å². The number of benzene rings is 2. The van der Waals surface area contributed by atoms with Gasteiger partial charge in [-0.25, -0.2) is 12.8 Å². The Kier molecular flexibility index (Phi) is 7.38. The minimum absolute atomic E-state index is 0.00438. The minimum atomic E-state index is -3.70. The van der Waals surface area contributed by atoms with E-state index in [-0.39, 0.29) is 23.3 Å². The Balaban J connectivity index is 1.82. The molecule has 8 heteroatoms. The molecule has 0 bridgehead atoms. The summed E-state index contributed by atoms with van der Waals surface area (Å²) in [5.41, 5.74) is 1.31. The zero-order valence-corrected chi connectivity index (χ0v) is 20.8. The molecule has 0 atom stereocenters. The Labute approximate surface area is 201 Å². The van der Waals surface area contributed by atoms with Gasteiger partial charge < -0.3 is 4.90 Å². The van der Waals surface area contributed by atoms with E-state index in [1.54, 1.807) is 51.5 Å². The van der Waals surface area contributed by atoms with Gasteiger partial charge in [-0.3, -0.25) is 4.68 Å². The SMILES string of the molecule is C=CCN(C1CCCC1)S(=O)(=O)c1ccc2c(c1)c(N(CC)CC)nn2Cc1ccccc1F. The first kappa shape index (κ1) is 24.4. The molecule has 0 aliphatic heterocycles. The highest BCUT2D eigenvalue weighted by Gasteiger charge is 2.33. The van der Waals surface area contributed by atoms with Crippen molar-refractivity contribution in [1.29, 1.82) is 0 Å². The molecule has 1 aliphatic rings. The van der Waals surface area contributed by atoms with E-state index >= 15 is 0 Å². The number of hydrogen-bond acceptors (Lipinski definition) is 4.